The normalized spacial score (nSPS) is 21.3. The molecule has 0 aliphatic heterocycles. The van der Waals surface area contributed by atoms with Gasteiger partial charge in [0.25, 0.3) is 0 Å². The topological polar surface area (TPSA) is 64.3 Å². The van der Waals surface area contributed by atoms with E-state index >= 15 is 0 Å². The molecule has 0 aromatic heterocycles. The molecule has 0 bridgehead atoms. The third kappa shape index (κ3) is 3.90. The number of hydrogen-bond acceptors (Lipinski definition) is 3. The number of anilines is 1. The van der Waals surface area contributed by atoms with Crippen molar-refractivity contribution in [2.24, 2.45) is 17.6 Å². The zero-order valence-corrected chi connectivity index (χ0v) is 14.3. The van der Waals surface area contributed by atoms with Gasteiger partial charge in [0, 0.05) is 10.9 Å². The van der Waals surface area contributed by atoms with Crippen molar-refractivity contribution in [1.82, 2.24) is 0 Å². The summed E-state index contributed by atoms with van der Waals surface area (Å²) in [5, 5.41) is 3.49. The van der Waals surface area contributed by atoms with Crippen LogP contribution in [0.25, 0.3) is 0 Å². The first-order valence-corrected chi connectivity index (χ1v) is 8.36. The molecule has 2 atom stereocenters. The average Bonchev–Trinajstić information content (AvgIpc) is 2.91. The smallest absolute Gasteiger partial charge is 0.227 e. The molecule has 1 aliphatic carbocycles. The third-order valence-electron chi connectivity index (χ3n) is 3.85. The van der Waals surface area contributed by atoms with E-state index in [1.165, 1.54) is 0 Å². The standard InChI is InChI=1S/C15H20BrClN2O2/c1-2-21-14-12(16)6-10(17)7-13(14)19-15(20)11-5-3-4-9(11)8-18/h6-7,9,11H,2-5,8,18H2,1H3,(H,19,20). The van der Waals surface area contributed by atoms with Gasteiger partial charge in [-0.15, -0.1) is 0 Å². The van der Waals surface area contributed by atoms with Crippen molar-refractivity contribution in [3.63, 3.8) is 0 Å². The molecule has 0 radical (unpaired) electrons. The Kier molecular flexibility index (Phi) is 5.90. The highest BCUT2D eigenvalue weighted by molar-refractivity contribution is 9.10. The minimum absolute atomic E-state index is 0.00179. The highest BCUT2D eigenvalue weighted by Gasteiger charge is 2.32. The predicted molar refractivity (Wildman–Crippen MR) is 88.8 cm³/mol. The number of nitrogens with two attached hydrogens (primary N) is 1. The van der Waals surface area contributed by atoms with E-state index in [-0.39, 0.29) is 17.7 Å². The summed E-state index contributed by atoms with van der Waals surface area (Å²) >= 11 is 9.48. The molecular weight excluding hydrogens is 356 g/mol. The Morgan fingerprint density at radius 3 is 2.95 bits per heavy atom. The Labute approximate surface area is 138 Å². The number of rotatable bonds is 5. The fourth-order valence-corrected chi connectivity index (χ4v) is 3.76. The molecule has 3 N–H and O–H groups in total. The fourth-order valence-electron chi connectivity index (χ4n) is 2.83. The summed E-state index contributed by atoms with van der Waals surface area (Å²) in [6, 6.07) is 3.46. The van der Waals surface area contributed by atoms with E-state index in [0.29, 0.717) is 29.6 Å². The van der Waals surface area contributed by atoms with Gasteiger partial charge < -0.3 is 15.8 Å². The molecule has 1 aliphatic rings. The number of amides is 1. The maximum atomic E-state index is 12.5. The Morgan fingerprint density at radius 1 is 1.52 bits per heavy atom. The lowest BCUT2D eigenvalue weighted by Gasteiger charge is -2.19. The molecule has 2 rings (SSSR count). The van der Waals surface area contributed by atoms with Crippen LogP contribution in [-0.2, 0) is 4.79 Å². The summed E-state index contributed by atoms with van der Waals surface area (Å²) < 4.78 is 6.33. The summed E-state index contributed by atoms with van der Waals surface area (Å²) in [6.45, 7) is 2.96. The number of carbonyl (C=O) groups is 1. The van der Waals surface area contributed by atoms with Gasteiger partial charge in [0.1, 0.15) is 0 Å². The van der Waals surface area contributed by atoms with Gasteiger partial charge in [-0.2, -0.15) is 0 Å². The van der Waals surface area contributed by atoms with E-state index in [1.54, 1.807) is 12.1 Å². The van der Waals surface area contributed by atoms with Crippen molar-refractivity contribution >= 4 is 39.1 Å². The molecule has 1 fully saturated rings. The van der Waals surface area contributed by atoms with Gasteiger partial charge >= 0.3 is 0 Å². The summed E-state index contributed by atoms with van der Waals surface area (Å²) in [6.07, 6.45) is 2.96. The van der Waals surface area contributed by atoms with E-state index in [4.69, 9.17) is 22.1 Å². The molecule has 1 amide bonds. The second-order valence-corrected chi connectivity index (χ2v) is 6.51. The zero-order valence-electron chi connectivity index (χ0n) is 12.0. The second-order valence-electron chi connectivity index (χ2n) is 5.22. The van der Waals surface area contributed by atoms with Gasteiger partial charge in [-0.3, -0.25) is 4.79 Å². The zero-order chi connectivity index (χ0) is 15.4. The van der Waals surface area contributed by atoms with E-state index in [0.717, 1.165) is 23.7 Å². The molecule has 0 saturated heterocycles. The fraction of sp³-hybridized carbons (Fsp3) is 0.533. The Morgan fingerprint density at radius 2 is 2.29 bits per heavy atom. The van der Waals surface area contributed by atoms with Crippen LogP contribution >= 0.6 is 27.5 Å². The van der Waals surface area contributed by atoms with Crippen LogP contribution in [0.1, 0.15) is 26.2 Å². The molecule has 1 aromatic rings. The summed E-state index contributed by atoms with van der Waals surface area (Å²) in [5.41, 5.74) is 6.35. The summed E-state index contributed by atoms with van der Waals surface area (Å²) in [4.78, 5) is 12.5. The SMILES string of the molecule is CCOc1c(Br)cc(Cl)cc1NC(=O)C1CCCC1CN. The van der Waals surface area contributed by atoms with Crippen molar-refractivity contribution in [2.45, 2.75) is 26.2 Å². The van der Waals surface area contributed by atoms with Gasteiger partial charge in [0.05, 0.1) is 16.8 Å². The number of halogens is 2. The highest BCUT2D eigenvalue weighted by atomic mass is 79.9. The minimum Gasteiger partial charge on any atom is -0.491 e. The molecule has 2 unspecified atom stereocenters. The Balaban J connectivity index is 2.20. The molecule has 116 valence electrons. The maximum Gasteiger partial charge on any atom is 0.227 e. The molecular formula is C15H20BrClN2O2. The quantitative estimate of drug-likeness (QED) is 0.822. The predicted octanol–water partition coefficient (Wildman–Crippen LogP) is 3.81. The Bertz CT molecular complexity index is 525. The van der Waals surface area contributed by atoms with Gasteiger partial charge in [0.2, 0.25) is 5.91 Å². The molecule has 4 nitrogen and oxygen atoms in total. The molecule has 0 spiro atoms. The number of carbonyl (C=O) groups excluding carboxylic acids is 1. The first-order chi connectivity index (χ1) is 10.1. The van der Waals surface area contributed by atoms with Crippen molar-refractivity contribution in [1.29, 1.82) is 0 Å². The second kappa shape index (κ2) is 7.47. The van der Waals surface area contributed by atoms with Crippen LogP contribution in [0.2, 0.25) is 5.02 Å². The lowest BCUT2D eigenvalue weighted by Crippen LogP contribution is -2.29. The average molecular weight is 376 g/mol. The number of nitrogens with one attached hydrogen (secondary N) is 1. The molecule has 1 saturated carbocycles. The Hall–Kier alpha value is -0.780. The molecule has 21 heavy (non-hydrogen) atoms. The highest BCUT2D eigenvalue weighted by Crippen LogP contribution is 2.38. The van der Waals surface area contributed by atoms with Crippen molar-refractivity contribution in [3.8, 4) is 5.75 Å². The molecule has 1 aromatic carbocycles. The molecule has 6 heteroatoms. The van der Waals surface area contributed by atoms with Crippen LogP contribution < -0.4 is 15.8 Å². The van der Waals surface area contributed by atoms with Gasteiger partial charge in [-0.1, -0.05) is 18.0 Å². The van der Waals surface area contributed by atoms with E-state index in [2.05, 4.69) is 21.2 Å². The van der Waals surface area contributed by atoms with Gasteiger partial charge in [-0.25, -0.2) is 0 Å². The van der Waals surface area contributed by atoms with E-state index in [9.17, 15) is 4.79 Å². The minimum atomic E-state index is -0.0257. The molecule has 0 heterocycles. The lowest BCUT2D eigenvalue weighted by molar-refractivity contribution is -0.120. The van der Waals surface area contributed by atoms with Gasteiger partial charge in [-0.05, 0) is 60.3 Å². The van der Waals surface area contributed by atoms with Crippen LogP contribution in [0.5, 0.6) is 5.75 Å². The van der Waals surface area contributed by atoms with Crippen molar-refractivity contribution < 1.29 is 9.53 Å². The van der Waals surface area contributed by atoms with Crippen molar-refractivity contribution in [3.05, 3.63) is 21.6 Å². The van der Waals surface area contributed by atoms with Crippen LogP contribution in [0.3, 0.4) is 0 Å². The van der Waals surface area contributed by atoms with Gasteiger partial charge in [0.15, 0.2) is 5.75 Å². The third-order valence-corrected chi connectivity index (χ3v) is 4.66. The van der Waals surface area contributed by atoms with Crippen LogP contribution in [-0.4, -0.2) is 19.1 Å². The van der Waals surface area contributed by atoms with Crippen LogP contribution in [0.4, 0.5) is 5.69 Å². The first-order valence-electron chi connectivity index (χ1n) is 7.19. The van der Waals surface area contributed by atoms with E-state index in [1.807, 2.05) is 6.92 Å². The lowest BCUT2D eigenvalue weighted by atomic mass is 9.95. The van der Waals surface area contributed by atoms with Crippen molar-refractivity contribution in [2.75, 3.05) is 18.5 Å². The number of ether oxygens (including phenoxy) is 1. The number of benzene rings is 1. The maximum absolute atomic E-state index is 12.5. The number of hydrogen-bond donors (Lipinski definition) is 2. The first kappa shape index (κ1) is 16.6. The van der Waals surface area contributed by atoms with E-state index < -0.39 is 0 Å². The monoisotopic (exact) mass is 374 g/mol. The van der Waals surface area contributed by atoms with Crippen LogP contribution in [0, 0.1) is 11.8 Å². The van der Waals surface area contributed by atoms with Crippen LogP contribution in [0.15, 0.2) is 16.6 Å². The summed E-state index contributed by atoms with van der Waals surface area (Å²) in [7, 11) is 0. The summed E-state index contributed by atoms with van der Waals surface area (Å²) in [5.74, 6) is 0.848. The largest absolute Gasteiger partial charge is 0.491 e.